The molecule has 0 bridgehead atoms. The number of aliphatic hydroxyl groups excluding tert-OH is 1. The molecular weight excluding hydrogens is 302 g/mol. The van der Waals surface area contributed by atoms with Crippen LogP contribution in [0.5, 0.6) is 0 Å². The van der Waals surface area contributed by atoms with Gasteiger partial charge in [-0.05, 0) is 46.1 Å². The normalized spacial score (nSPS) is 12.5. The fourth-order valence-corrected chi connectivity index (χ4v) is 2.07. The Bertz CT molecular complexity index is 584. The van der Waals surface area contributed by atoms with Crippen LogP contribution in [0.3, 0.4) is 0 Å². The molecule has 94 valence electrons. The van der Waals surface area contributed by atoms with Crippen molar-refractivity contribution < 1.29 is 13.9 Å². The van der Waals surface area contributed by atoms with E-state index >= 15 is 0 Å². The highest BCUT2D eigenvalue weighted by atomic mass is 79.9. The zero-order valence-corrected chi connectivity index (χ0v) is 11.2. The van der Waals surface area contributed by atoms with Crippen LogP contribution in [0.25, 0.3) is 0 Å². The van der Waals surface area contributed by atoms with Crippen LogP contribution in [0, 0.1) is 18.6 Å². The van der Waals surface area contributed by atoms with Crippen molar-refractivity contribution in [1.29, 1.82) is 0 Å². The monoisotopic (exact) mass is 312 g/mol. The number of benzene rings is 2. The van der Waals surface area contributed by atoms with Crippen LogP contribution in [0.1, 0.15) is 22.8 Å². The van der Waals surface area contributed by atoms with Crippen molar-refractivity contribution in [2.24, 2.45) is 0 Å². The molecule has 0 aliphatic heterocycles. The Balaban J connectivity index is 2.44. The highest BCUT2D eigenvalue weighted by Gasteiger charge is 2.17. The molecule has 0 saturated carbocycles. The maximum atomic E-state index is 13.8. The summed E-state index contributed by atoms with van der Waals surface area (Å²) in [7, 11) is 0. The summed E-state index contributed by atoms with van der Waals surface area (Å²) in [5.74, 6) is -0.951. The van der Waals surface area contributed by atoms with Gasteiger partial charge in [-0.1, -0.05) is 24.3 Å². The third-order valence-corrected chi connectivity index (χ3v) is 3.40. The van der Waals surface area contributed by atoms with Crippen molar-refractivity contribution >= 4 is 15.9 Å². The summed E-state index contributed by atoms with van der Waals surface area (Å²) in [6, 6.07) is 9.01. The van der Waals surface area contributed by atoms with E-state index in [1.807, 2.05) is 0 Å². The molecule has 1 atom stereocenters. The van der Waals surface area contributed by atoms with Crippen LogP contribution in [0.15, 0.2) is 40.9 Å². The Morgan fingerprint density at radius 3 is 2.56 bits per heavy atom. The molecule has 0 heterocycles. The summed E-state index contributed by atoms with van der Waals surface area (Å²) >= 11 is 3.05. The van der Waals surface area contributed by atoms with E-state index < -0.39 is 17.7 Å². The molecule has 2 aromatic carbocycles. The van der Waals surface area contributed by atoms with E-state index in [0.717, 1.165) is 0 Å². The Morgan fingerprint density at radius 2 is 1.89 bits per heavy atom. The fourth-order valence-electron chi connectivity index (χ4n) is 1.69. The summed E-state index contributed by atoms with van der Waals surface area (Å²) in [4.78, 5) is 0. The molecule has 0 amide bonds. The van der Waals surface area contributed by atoms with Gasteiger partial charge in [-0.15, -0.1) is 0 Å². The van der Waals surface area contributed by atoms with Gasteiger partial charge in [-0.2, -0.15) is 0 Å². The molecule has 1 nitrogen and oxygen atoms in total. The summed E-state index contributed by atoms with van der Waals surface area (Å²) < 4.78 is 27.5. The van der Waals surface area contributed by atoms with Gasteiger partial charge in [0.25, 0.3) is 0 Å². The van der Waals surface area contributed by atoms with E-state index in [-0.39, 0.29) is 10.0 Å². The second kappa shape index (κ2) is 5.16. The van der Waals surface area contributed by atoms with Crippen molar-refractivity contribution in [3.63, 3.8) is 0 Å². The molecule has 4 heteroatoms. The van der Waals surface area contributed by atoms with Crippen LogP contribution in [-0.4, -0.2) is 5.11 Å². The third-order valence-electron chi connectivity index (χ3n) is 2.79. The molecule has 0 aromatic heterocycles. The van der Waals surface area contributed by atoms with Crippen LogP contribution in [0.2, 0.25) is 0 Å². The number of halogens is 3. The van der Waals surface area contributed by atoms with Crippen LogP contribution >= 0.6 is 15.9 Å². The van der Waals surface area contributed by atoms with Gasteiger partial charge in [0.2, 0.25) is 0 Å². The van der Waals surface area contributed by atoms with Gasteiger partial charge in [-0.25, -0.2) is 8.78 Å². The van der Waals surface area contributed by atoms with Crippen molar-refractivity contribution in [2.75, 3.05) is 0 Å². The minimum Gasteiger partial charge on any atom is -0.384 e. The van der Waals surface area contributed by atoms with E-state index in [1.54, 1.807) is 31.2 Å². The minimum absolute atomic E-state index is 0.118. The van der Waals surface area contributed by atoms with E-state index in [2.05, 4.69) is 15.9 Å². The number of hydrogen-bond acceptors (Lipinski definition) is 1. The Hall–Kier alpha value is -1.26. The number of aryl methyl sites for hydroxylation is 1. The number of hydrogen-bond donors (Lipinski definition) is 1. The SMILES string of the molecule is Cc1ccc(C(O)c2cccc(Br)c2F)cc1F. The highest BCUT2D eigenvalue weighted by Crippen LogP contribution is 2.28. The standard InChI is InChI=1S/C14H11BrF2O/c1-8-5-6-9(7-12(8)16)14(18)10-3-2-4-11(15)13(10)17/h2-7,14,18H,1H3. The summed E-state index contributed by atoms with van der Waals surface area (Å²) in [6.07, 6.45) is -1.18. The maximum Gasteiger partial charge on any atom is 0.143 e. The smallest absolute Gasteiger partial charge is 0.143 e. The first-order valence-corrected chi connectivity index (χ1v) is 6.18. The third kappa shape index (κ3) is 2.44. The van der Waals surface area contributed by atoms with E-state index in [1.165, 1.54) is 12.1 Å². The maximum absolute atomic E-state index is 13.8. The average molecular weight is 313 g/mol. The molecule has 0 saturated heterocycles. The lowest BCUT2D eigenvalue weighted by Gasteiger charge is -2.13. The van der Waals surface area contributed by atoms with Gasteiger partial charge >= 0.3 is 0 Å². The predicted octanol–water partition coefficient (Wildman–Crippen LogP) is 4.12. The molecule has 0 spiro atoms. The van der Waals surface area contributed by atoms with Crippen molar-refractivity contribution in [2.45, 2.75) is 13.0 Å². The fraction of sp³-hybridized carbons (Fsp3) is 0.143. The quantitative estimate of drug-likeness (QED) is 0.884. The van der Waals surface area contributed by atoms with E-state index in [4.69, 9.17) is 0 Å². The summed E-state index contributed by atoms with van der Waals surface area (Å²) in [5, 5.41) is 10.1. The molecule has 1 N–H and O–H groups in total. The van der Waals surface area contributed by atoms with Crippen LogP contribution in [-0.2, 0) is 0 Å². The molecule has 1 unspecified atom stereocenters. The van der Waals surface area contributed by atoms with Gasteiger partial charge < -0.3 is 5.11 Å². The number of rotatable bonds is 2. The van der Waals surface area contributed by atoms with Crippen LogP contribution in [0.4, 0.5) is 8.78 Å². The van der Waals surface area contributed by atoms with Gasteiger partial charge in [-0.3, -0.25) is 0 Å². The van der Waals surface area contributed by atoms with Gasteiger partial charge in [0, 0.05) is 5.56 Å². The molecule has 2 aromatic rings. The summed E-state index contributed by atoms with van der Waals surface area (Å²) in [5.41, 5.74) is 0.934. The van der Waals surface area contributed by atoms with E-state index in [0.29, 0.717) is 11.1 Å². The number of aliphatic hydroxyl groups is 1. The lowest BCUT2D eigenvalue weighted by atomic mass is 10.00. The van der Waals surface area contributed by atoms with Gasteiger partial charge in [0.1, 0.15) is 17.7 Å². The summed E-state index contributed by atoms with van der Waals surface area (Å²) in [6.45, 7) is 1.63. The Morgan fingerprint density at radius 1 is 1.17 bits per heavy atom. The Labute approximate surface area is 112 Å². The lowest BCUT2D eigenvalue weighted by molar-refractivity contribution is 0.214. The molecule has 0 radical (unpaired) electrons. The molecule has 0 aliphatic rings. The largest absolute Gasteiger partial charge is 0.384 e. The van der Waals surface area contributed by atoms with Crippen molar-refractivity contribution in [3.8, 4) is 0 Å². The van der Waals surface area contributed by atoms with Crippen molar-refractivity contribution in [3.05, 3.63) is 69.2 Å². The minimum atomic E-state index is -1.18. The first kappa shape index (κ1) is 13.2. The van der Waals surface area contributed by atoms with Gasteiger partial charge in [0.15, 0.2) is 0 Å². The molecule has 0 aliphatic carbocycles. The second-order valence-electron chi connectivity index (χ2n) is 4.05. The second-order valence-corrected chi connectivity index (χ2v) is 4.91. The zero-order chi connectivity index (χ0) is 13.3. The van der Waals surface area contributed by atoms with Crippen molar-refractivity contribution in [1.82, 2.24) is 0 Å². The first-order chi connectivity index (χ1) is 8.50. The van der Waals surface area contributed by atoms with E-state index in [9.17, 15) is 13.9 Å². The molecule has 2 rings (SSSR count). The topological polar surface area (TPSA) is 20.2 Å². The zero-order valence-electron chi connectivity index (χ0n) is 9.62. The molecular formula is C14H11BrF2O. The molecule has 18 heavy (non-hydrogen) atoms. The lowest BCUT2D eigenvalue weighted by Crippen LogP contribution is -2.04. The average Bonchev–Trinajstić information content (AvgIpc) is 2.35. The first-order valence-electron chi connectivity index (χ1n) is 5.38. The Kier molecular flexibility index (Phi) is 3.78. The predicted molar refractivity (Wildman–Crippen MR) is 69.3 cm³/mol. The van der Waals surface area contributed by atoms with Crippen LogP contribution < -0.4 is 0 Å². The molecule has 0 fully saturated rings. The van der Waals surface area contributed by atoms with Gasteiger partial charge in [0.05, 0.1) is 4.47 Å². The highest BCUT2D eigenvalue weighted by molar-refractivity contribution is 9.10.